The van der Waals surface area contributed by atoms with Gasteiger partial charge in [0.1, 0.15) is 0 Å². The normalized spacial score (nSPS) is 9.95. The van der Waals surface area contributed by atoms with Crippen LogP contribution in [0.4, 0.5) is 0 Å². The van der Waals surface area contributed by atoms with E-state index in [1.54, 1.807) is 32.1 Å². The van der Waals surface area contributed by atoms with Gasteiger partial charge in [-0.3, -0.25) is 0 Å². The lowest BCUT2D eigenvalue weighted by Crippen LogP contribution is -2.17. The van der Waals surface area contributed by atoms with Crippen LogP contribution in [0.2, 0.25) is 0 Å². The van der Waals surface area contributed by atoms with Crippen molar-refractivity contribution < 1.29 is 20.4 Å². The molecule has 0 spiro atoms. The molecule has 0 aromatic heterocycles. The Morgan fingerprint density at radius 2 is 0.842 bits per heavy atom. The smallest absolute Gasteiger partial charge is 0.0768 e. The summed E-state index contributed by atoms with van der Waals surface area (Å²) in [5.41, 5.74) is 0. The van der Waals surface area contributed by atoms with Crippen LogP contribution >= 0.6 is 0 Å². The summed E-state index contributed by atoms with van der Waals surface area (Å²) in [6, 6.07) is 0. The van der Waals surface area contributed by atoms with Gasteiger partial charge in [0.2, 0.25) is 0 Å². The molecule has 4 nitrogen and oxygen atoms in total. The molecule has 19 heavy (non-hydrogen) atoms. The minimum atomic E-state index is -0.593. The minimum Gasteiger partial charge on any atom is -0.394 e. The lowest BCUT2D eigenvalue weighted by molar-refractivity contribution is 0.0438. The van der Waals surface area contributed by atoms with Crippen LogP contribution in [0, 0.1) is 0 Å². The average Bonchev–Trinajstić information content (AvgIpc) is 2.32. The zero-order valence-corrected chi connectivity index (χ0v) is 13.2. The van der Waals surface area contributed by atoms with E-state index in [2.05, 4.69) is 19.7 Å². The summed E-state index contributed by atoms with van der Waals surface area (Å²) in [5, 5.41) is 32.0. The quantitative estimate of drug-likeness (QED) is 0.584. The molecule has 0 heterocycles. The van der Waals surface area contributed by atoms with Gasteiger partial charge in [-0.15, -0.1) is 19.7 Å². The van der Waals surface area contributed by atoms with Gasteiger partial charge in [0, 0.05) is 0 Å². The second kappa shape index (κ2) is 43.5. The van der Waals surface area contributed by atoms with Crippen LogP contribution in [-0.4, -0.2) is 45.8 Å². The monoisotopic (exact) mass is 278 g/mol. The zero-order valence-electron chi connectivity index (χ0n) is 13.2. The van der Waals surface area contributed by atoms with Gasteiger partial charge in [-0.2, -0.15) is 0 Å². The van der Waals surface area contributed by atoms with Gasteiger partial charge in [-0.1, -0.05) is 18.2 Å². The fourth-order valence-corrected chi connectivity index (χ4v) is 0. The maximum Gasteiger partial charge on any atom is 0.0768 e. The predicted molar refractivity (Wildman–Crippen MR) is 85.1 cm³/mol. The van der Waals surface area contributed by atoms with Crippen LogP contribution in [0.3, 0.4) is 0 Å². The van der Waals surface area contributed by atoms with Crippen LogP contribution in [0.1, 0.15) is 34.6 Å². The molecule has 0 bridgehead atoms. The second-order valence-electron chi connectivity index (χ2n) is 3.15. The summed E-state index contributed by atoms with van der Waals surface area (Å²) in [5.74, 6) is 0. The predicted octanol–water partition coefficient (Wildman–Crippen LogP) is 2.30. The van der Waals surface area contributed by atoms with Gasteiger partial charge < -0.3 is 20.4 Å². The minimum absolute atomic E-state index is 0.125. The summed E-state index contributed by atoms with van der Waals surface area (Å²) in [6.07, 6.45) is 4.06. The lowest BCUT2D eigenvalue weighted by Gasteiger charge is -2.03. The maximum absolute atomic E-state index is 8.38. The van der Waals surface area contributed by atoms with E-state index in [1.807, 2.05) is 20.8 Å². The first-order valence-corrected chi connectivity index (χ1v) is 6.09. The van der Waals surface area contributed by atoms with Gasteiger partial charge in [-0.25, -0.2) is 0 Å². The Kier molecular flexibility index (Phi) is 70.5. The summed E-state index contributed by atoms with van der Waals surface area (Å²) < 4.78 is 0. The van der Waals surface area contributed by atoms with E-state index in [1.165, 1.54) is 0 Å². The largest absolute Gasteiger partial charge is 0.394 e. The Balaban J connectivity index is -0.0000000448. The highest BCUT2D eigenvalue weighted by molar-refractivity contribution is 4.52. The molecule has 0 aliphatic rings. The highest BCUT2D eigenvalue weighted by Crippen LogP contribution is 1.85. The number of allylic oxidation sites excluding steroid dienone is 3. The number of hydrogen-bond donors (Lipinski definition) is 4. The fourth-order valence-electron chi connectivity index (χ4n) is 0. The Bertz CT molecular complexity index is 121. The molecule has 0 saturated carbocycles. The van der Waals surface area contributed by atoms with Crippen LogP contribution < -0.4 is 0 Å². The third-order valence-electron chi connectivity index (χ3n) is 0.798. The second-order valence-corrected chi connectivity index (χ2v) is 3.15. The van der Waals surface area contributed by atoms with E-state index in [0.29, 0.717) is 0 Å². The van der Waals surface area contributed by atoms with Gasteiger partial charge in [0.15, 0.2) is 0 Å². The molecule has 0 aliphatic carbocycles. The van der Waals surface area contributed by atoms with Crippen LogP contribution in [-0.2, 0) is 0 Å². The molecule has 0 amide bonds. The van der Waals surface area contributed by atoms with E-state index in [0.717, 1.165) is 0 Å². The number of aliphatic hydroxyl groups is 4. The Labute approximate surface area is 119 Å². The van der Waals surface area contributed by atoms with Crippen molar-refractivity contribution >= 4 is 0 Å². The van der Waals surface area contributed by atoms with Crippen molar-refractivity contribution in [2.24, 2.45) is 0 Å². The van der Waals surface area contributed by atoms with E-state index in [-0.39, 0.29) is 13.2 Å². The molecule has 4 heteroatoms. The topological polar surface area (TPSA) is 80.9 Å². The molecule has 118 valence electrons. The molecule has 2 atom stereocenters. The standard InChI is InChI=1S/C4H10O2.3C3H6.C2H6O2/c1-3(5)4(2)6;3*1-3-2;3-1-2-4/h3-6H,1-2H3;3*3H,1H2,2H3;3-4H,1-2H2. The first-order chi connectivity index (χ1) is 8.80. The Morgan fingerprint density at radius 3 is 0.842 bits per heavy atom. The molecular formula is C15H34O4. The van der Waals surface area contributed by atoms with E-state index in [9.17, 15) is 0 Å². The molecule has 0 aliphatic heterocycles. The maximum atomic E-state index is 8.38. The fraction of sp³-hybridized carbons (Fsp3) is 0.600. The van der Waals surface area contributed by atoms with Gasteiger partial charge in [-0.05, 0) is 34.6 Å². The third-order valence-corrected chi connectivity index (χ3v) is 0.798. The van der Waals surface area contributed by atoms with Crippen molar-refractivity contribution in [3.63, 3.8) is 0 Å². The molecule has 0 fully saturated rings. The number of rotatable bonds is 2. The van der Waals surface area contributed by atoms with E-state index in [4.69, 9.17) is 20.4 Å². The summed E-state index contributed by atoms with van der Waals surface area (Å²) in [7, 11) is 0. The van der Waals surface area contributed by atoms with Gasteiger partial charge >= 0.3 is 0 Å². The molecule has 0 radical (unpaired) electrons. The first kappa shape index (κ1) is 30.8. The SMILES string of the molecule is C=CC.C=CC.C=CC.CC(O)C(C)O.OCCO. The van der Waals surface area contributed by atoms with Gasteiger partial charge in [0.25, 0.3) is 0 Å². The van der Waals surface area contributed by atoms with Crippen molar-refractivity contribution in [1.29, 1.82) is 0 Å². The molecule has 0 rings (SSSR count). The Morgan fingerprint density at radius 1 is 0.737 bits per heavy atom. The van der Waals surface area contributed by atoms with Gasteiger partial charge in [0.05, 0.1) is 25.4 Å². The highest BCUT2D eigenvalue weighted by atomic mass is 16.3. The molecule has 0 saturated heterocycles. The number of hydrogen-bond acceptors (Lipinski definition) is 4. The number of aliphatic hydroxyl groups excluding tert-OH is 4. The first-order valence-electron chi connectivity index (χ1n) is 6.09. The summed E-state index contributed by atoms with van der Waals surface area (Å²) in [4.78, 5) is 0. The molecule has 2 unspecified atom stereocenters. The van der Waals surface area contributed by atoms with Crippen molar-refractivity contribution in [3.05, 3.63) is 38.0 Å². The Hall–Kier alpha value is -0.940. The average molecular weight is 278 g/mol. The van der Waals surface area contributed by atoms with E-state index >= 15 is 0 Å². The molecule has 0 aromatic carbocycles. The van der Waals surface area contributed by atoms with Crippen LogP contribution in [0.5, 0.6) is 0 Å². The zero-order chi connectivity index (χ0) is 16.7. The van der Waals surface area contributed by atoms with Crippen LogP contribution in [0.15, 0.2) is 38.0 Å². The highest BCUT2D eigenvalue weighted by Gasteiger charge is 1.99. The molecule has 0 aromatic rings. The van der Waals surface area contributed by atoms with E-state index < -0.39 is 12.2 Å². The summed E-state index contributed by atoms with van der Waals surface area (Å²) in [6.45, 7) is 18.6. The molecular weight excluding hydrogens is 244 g/mol. The van der Waals surface area contributed by atoms with Crippen molar-refractivity contribution in [3.8, 4) is 0 Å². The molecule has 4 N–H and O–H groups in total. The van der Waals surface area contributed by atoms with Crippen LogP contribution in [0.25, 0.3) is 0 Å². The summed E-state index contributed by atoms with van der Waals surface area (Å²) >= 11 is 0. The van der Waals surface area contributed by atoms with Crippen molar-refractivity contribution in [1.82, 2.24) is 0 Å². The van der Waals surface area contributed by atoms with Crippen molar-refractivity contribution in [2.75, 3.05) is 13.2 Å². The lowest BCUT2D eigenvalue weighted by atomic mass is 10.3. The van der Waals surface area contributed by atoms with Crippen molar-refractivity contribution in [2.45, 2.75) is 46.8 Å². The third kappa shape index (κ3) is 235.